The van der Waals surface area contributed by atoms with Gasteiger partial charge in [-0.1, -0.05) is 24.3 Å². The summed E-state index contributed by atoms with van der Waals surface area (Å²) in [4.78, 5) is 18.3. The number of likely N-dealkylation sites (tertiary alicyclic amines) is 1. The number of rotatable bonds is 13. The lowest BCUT2D eigenvalue weighted by Gasteiger charge is -2.16. The molecule has 1 saturated heterocycles. The molecule has 0 radical (unpaired) electrons. The van der Waals surface area contributed by atoms with E-state index in [4.69, 9.17) is 9.47 Å². The summed E-state index contributed by atoms with van der Waals surface area (Å²) in [5.41, 5.74) is 2.29. The van der Waals surface area contributed by atoms with Crippen LogP contribution in [-0.2, 0) is 27.4 Å². The van der Waals surface area contributed by atoms with Gasteiger partial charge in [0.1, 0.15) is 0 Å². The van der Waals surface area contributed by atoms with Crippen LogP contribution in [-0.4, -0.2) is 62.8 Å². The number of nitrogens with one attached hydrogen (secondary N) is 2. The highest BCUT2D eigenvalue weighted by atomic mass is 16.5. The number of nitrogens with zero attached hydrogens (tertiary/aromatic N) is 2. The molecule has 29 heavy (non-hydrogen) atoms. The molecular formula is C22H36N4O3. The summed E-state index contributed by atoms with van der Waals surface area (Å²) in [6.07, 6.45) is 2.62. The quantitative estimate of drug-likeness (QED) is 0.300. The molecule has 1 amide bonds. The number of carbonyl (C=O) groups excluding carboxylic acids is 1. The molecule has 162 valence electrons. The second-order valence-corrected chi connectivity index (χ2v) is 7.03. The molecule has 0 saturated carbocycles. The van der Waals surface area contributed by atoms with E-state index in [1.165, 1.54) is 0 Å². The average molecular weight is 405 g/mol. The van der Waals surface area contributed by atoms with Gasteiger partial charge in [0.2, 0.25) is 5.91 Å². The van der Waals surface area contributed by atoms with E-state index >= 15 is 0 Å². The van der Waals surface area contributed by atoms with E-state index in [0.29, 0.717) is 32.8 Å². The predicted molar refractivity (Wildman–Crippen MR) is 116 cm³/mol. The highest BCUT2D eigenvalue weighted by molar-refractivity contribution is 5.79. The zero-order chi connectivity index (χ0) is 20.7. The molecule has 2 rings (SSSR count). The Labute approximate surface area is 174 Å². The third-order valence-corrected chi connectivity index (χ3v) is 4.67. The highest BCUT2D eigenvalue weighted by Crippen LogP contribution is 2.10. The van der Waals surface area contributed by atoms with Gasteiger partial charge in [-0.05, 0) is 37.8 Å². The van der Waals surface area contributed by atoms with Gasteiger partial charge in [0, 0.05) is 39.2 Å². The van der Waals surface area contributed by atoms with Crippen LogP contribution in [0.1, 0.15) is 44.2 Å². The molecule has 0 spiro atoms. The van der Waals surface area contributed by atoms with Crippen molar-refractivity contribution in [2.75, 3.05) is 46.0 Å². The first-order valence-corrected chi connectivity index (χ1v) is 10.8. The monoisotopic (exact) mass is 404 g/mol. The number of hydrogen-bond donors (Lipinski definition) is 2. The molecule has 0 bridgehead atoms. The van der Waals surface area contributed by atoms with Gasteiger partial charge in [-0.15, -0.1) is 0 Å². The van der Waals surface area contributed by atoms with Crippen LogP contribution in [0.25, 0.3) is 0 Å². The van der Waals surface area contributed by atoms with Crippen LogP contribution in [0.4, 0.5) is 0 Å². The largest absolute Gasteiger partial charge is 0.379 e. The van der Waals surface area contributed by atoms with Crippen molar-refractivity contribution in [2.24, 2.45) is 4.99 Å². The molecule has 1 aromatic rings. The smallest absolute Gasteiger partial charge is 0.222 e. The molecule has 0 aliphatic carbocycles. The average Bonchev–Trinajstić information content (AvgIpc) is 3.14. The van der Waals surface area contributed by atoms with Crippen molar-refractivity contribution in [1.82, 2.24) is 15.5 Å². The van der Waals surface area contributed by atoms with Gasteiger partial charge in [0.15, 0.2) is 5.96 Å². The second kappa shape index (κ2) is 14.0. The lowest BCUT2D eigenvalue weighted by Crippen LogP contribution is -2.39. The Kier molecular flexibility index (Phi) is 11.1. The Hall–Kier alpha value is -2.12. The lowest BCUT2D eigenvalue weighted by atomic mass is 10.1. The maximum atomic E-state index is 11.7. The van der Waals surface area contributed by atoms with E-state index in [1.807, 2.05) is 17.9 Å². The minimum Gasteiger partial charge on any atom is -0.379 e. The van der Waals surface area contributed by atoms with Crippen LogP contribution in [0.5, 0.6) is 0 Å². The van der Waals surface area contributed by atoms with Crippen LogP contribution in [0.3, 0.4) is 0 Å². The fourth-order valence-corrected chi connectivity index (χ4v) is 3.20. The van der Waals surface area contributed by atoms with Crippen LogP contribution >= 0.6 is 0 Å². The minimum atomic E-state index is 0.285. The van der Waals surface area contributed by atoms with Gasteiger partial charge in [-0.25, -0.2) is 4.99 Å². The maximum Gasteiger partial charge on any atom is 0.222 e. The predicted octanol–water partition coefficient (Wildman–Crippen LogP) is 2.31. The van der Waals surface area contributed by atoms with E-state index in [2.05, 4.69) is 40.7 Å². The molecule has 1 aliphatic rings. The zero-order valence-corrected chi connectivity index (χ0v) is 17.9. The number of aliphatic imine (C=N–C) groups is 1. The number of amides is 1. The molecule has 0 atom stereocenters. The van der Waals surface area contributed by atoms with E-state index in [9.17, 15) is 4.79 Å². The molecule has 1 fully saturated rings. The van der Waals surface area contributed by atoms with Crippen molar-refractivity contribution in [3.8, 4) is 0 Å². The summed E-state index contributed by atoms with van der Waals surface area (Å²) in [5.74, 6) is 1.09. The summed E-state index contributed by atoms with van der Waals surface area (Å²) in [6, 6.07) is 8.32. The van der Waals surface area contributed by atoms with Crippen LogP contribution in [0, 0.1) is 0 Å². The van der Waals surface area contributed by atoms with E-state index < -0.39 is 0 Å². The number of hydrogen-bond acceptors (Lipinski definition) is 4. The van der Waals surface area contributed by atoms with Crippen molar-refractivity contribution in [3.63, 3.8) is 0 Å². The lowest BCUT2D eigenvalue weighted by molar-refractivity contribution is -0.127. The van der Waals surface area contributed by atoms with Gasteiger partial charge in [0.05, 0.1) is 26.4 Å². The number of carbonyl (C=O) groups is 1. The fourth-order valence-electron chi connectivity index (χ4n) is 3.20. The van der Waals surface area contributed by atoms with E-state index in [0.717, 1.165) is 62.7 Å². The highest BCUT2D eigenvalue weighted by Gasteiger charge is 2.18. The SMILES string of the molecule is CCNC(=NCc1cccc(COCCOCC)c1)NCCCN1CCCC1=O. The Morgan fingerprint density at radius 2 is 2.00 bits per heavy atom. The molecule has 1 aliphatic heterocycles. The molecule has 0 aromatic heterocycles. The summed E-state index contributed by atoms with van der Waals surface area (Å²) >= 11 is 0. The normalized spacial score (nSPS) is 14.5. The standard InChI is InChI=1S/C22H36N4O3/c1-3-23-22(24-11-7-13-26-12-6-10-21(26)27)25-17-19-8-5-9-20(16-19)18-29-15-14-28-4-2/h5,8-9,16H,3-4,6-7,10-15,17-18H2,1-2H3,(H2,23,24,25). The van der Waals surface area contributed by atoms with Crippen LogP contribution in [0.15, 0.2) is 29.3 Å². The van der Waals surface area contributed by atoms with Crippen molar-refractivity contribution in [1.29, 1.82) is 0 Å². The van der Waals surface area contributed by atoms with Gasteiger partial charge < -0.3 is 25.0 Å². The van der Waals surface area contributed by atoms with Gasteiger partial charge >= 0.3 is 0 Å². The second-order valence-electron chi connectivity index (χ2n) is 7.03. The Morgan fingerprint density at radius 1 is 1.17 bits per heavy atom. The summed E-state index contributed by atoms with van der Waals surface area (Å²) < 4.78 is 10.9. The Balaban J connectivity index is 1.74. The van der Waals surface area contributed by atoms with Gasteiger partial charge in [0.25, 0.3) is 0 Å². The van der Waals surface area contributed by atoms with E-state index in [-0.39, 0.29) is 5.91 Å². The van der Waals surface area contributed by atoms with Crippen molar-refractivity contribution in [3.05, 3.63) is 35.4 Å². The molecule has 1 aromatic carbocycles. The van der Waals surface area contributed by atoms with Crippen molar-refractivity contribution >= 4 is 11.9 Å². The van der Waals surface area contributed by atoms with Crippen molar-refractivity contribution in [2.45, 2.75) is 46.3 Å². The molecular weight excluding hydrogens is 368 g/mol. The van der Waals surface area contributed by atoms with Crippen LogP contribution < -0.4 is 10.6 Å². The summed E-state index contributed by atoms with van der Waals surface area (Å²) in [7, 11) is 0. The molecule has 2 N–H and O–H groups in total. The first-order chi connectivity index (χ1) is 14.2. The summed E-state index contributed by atoms with van der Waals surface area (Å²) in [6.45, 7) is 10.5. The molecule has 7 heteroatoms. The van der Waals surface area contributed by atoms with Gasteiger partial charge in [-0.3, -0.25) is 4.79 Å². The van der Waals surface area contributed by atoms with Crippen molar-refractivity contribution < 1.29 is 14.3 Å². The third kappa shape index (κ3) is 9.28. The molecule has 1 heterocycles. The number of benzene rings is 1. The first-order valence-electron chi connectivity index (χ1n) is 10.8. The van der Waals surface area contributed by atoms with Crippen LogP contribution in [0.2, 0.25) is 0 Å². The van der Waals surface area contributed by atoms with Gasteiger partial charge in [-0.2, -0.15) is 0 Å². The van der Waals surface area contributed by atoms with E-state index in [1.54, 1.807) is 0 Å². The summed E-state index contributed by atoms with van der Waals surface area (Å²) in [5, 5.41) is 6.64. The third-order valence-electron chi connectivity index (χ3n) is 4.67. The molecule has 7 nitrogen and oxygen atoms in total. The first kappa shape index (κ1) is 23.2. The fraction of sp³-hybridized carbons (Fsp3) is 0.636. The molecule has 0 unspecified atom stereocenters. The topological polar surface area (TPSA) is 75.2 Å². The maximum absolute atomic E-state index is 11.7. The minimum absolute atomic E-state index is 0.285. The Bertz CT molecular complexity index is 636. The number of ether oxygens (including phenoxy) is 2. The Morgan fingerprint density at radius 3 is 2.76 bits per heavy atom. The zero-order valence-electron chi connectivity index (χ0n) is 17.9. The number of guanidine groups is 1.